The van der Waals surface area contributed by atoms with Crippen LogP contribution >= 0.6 is 0 Å². The van der Waals surface area contributed by atoms with Gasteiger partial charge in [-0.1, -0.05) is 0 Å². The highest BCUT2D eigenvalue weighted by Gasteiger charge is 2.36. The molecule has 0 amide bonds. The van der Waals surface area contributed by atoms with Crippen molar-refractivity contribution in [3.8, 4) is 0 Å². The summed E-state index contributed by atoms with van der Waals surface area (Å²) in [5.41, 5.74) is -0.196. The number of aliphatic hydroxyl groups is 1. The Kier molecular flexibility index (Phi) is 1.24. The van der Waals surface area contributed by atoms with Gasteiger partial charge in [0.05, 0.1) is 11.1 Å². The van der Waals surface area contributed by atoms with E-state index in [1.54, 1.807) is 20.8 Å². The molecule has 0 atom stereocenters. The van der Waals surface area contributed by atoms with Gasteiger partial charge in [-0.15, -0.1) is 0 Å². The summed E-state index contributed by atoms with van der Waals surface area (Å²) in [5.74, 6) is -0.0278. The Balaban J connectivity index is 2.99. The highest BCUT2D eigenvalue weighted by atomic mass is 16.3. The fourth-order valence-electron chi connectivity index (χ4n) is 1.02. The van der Waals surface area contributed by atoms with Crippen LogP contribution in [0.15, 0.2) is 11.5 Å². The Morgan fingerprint density at radius 2 is 2.00 bits per heavy atom. The van der Waals surface area contributed by atoms with E-state index in [1.165, 1.54) is 0 Å². The molecule has 10 heavy (non-hydrogen) atoms. The predicted octanol–water partition coefficient (Wildman–Crippen LogP) is 0.727. The van der Waals surface area contributed by atoms with Crippen molar-refractivity contribution >= 4 is 5.78 Å². The Hall–Kier alpha value is -0.990. The average molecular weight is 141 g/mol. The second-order valence-electron chi connectivity index (χ2n) is 3.05. The SMILES string of the molecule is CC1=C(O)NC(C)(C)C1=O. The maximum atomic E-state index is 11.2. The molecule has 0 saturated heterocycles. The average Bonchev–Trinajstić information content (AvgIpc) is 1.95. The number of aliphatic hydroxyl groups excluding tert-OH is 1. The van der Waals surface area contributed by atoms with Crippen LogP contribution < -0.4 is 5.32 Å². The third-order valence-electron chi connectivity index (χ3n) is 1.69. The van der Waals surface area contributed by atoms with Crippen LogP contribution in [-0.4, -0.2) is 16.4 Å². The second kappa shape index (κ2) is 1.75. The lowest BCUT2D eigenvalue weighted by molar-refractivity contribution is -0.119. The maximum absolute atomic E-state index is 11.2. The molecule has 0 aromatic rings. The highest BCUT2D eigenvalue weighted by molar-refractivity contribution is 6.04. The lowest BCUT2D eigenvalue weighted by atomic mass is 9.99. The van der Waals surface area contributed by atoms with Gasteiger partial charge in [0.15, 0.2) is 11.7 Å². The summed E-state index contributed by atoms with van der Waals surface area (Å²) in [7, 11) is 0. The molecule has 0 aliphatic carbocycles. The summed E-state index contributed by atoms with van der Waals surface area (Å²) in [6, 6.07) is 0. The molecule has 0 saturated carbocycles. The minimum atomic E-state index is -0.617. The van der Waals surface area contributed by atoms with Gasteiger partial charge in [-0.25, -0.2) is 0 Å². The molecule has 1 rings (SSSR count). The summed E-state index contributed by atoms with van der Waals surface area (Å²) >= 11 is 0. The second-order valence-corrected chi connectivity index (χ2v) is 3.05. The van der Waals surface area contributed by atoms with Gasteiger partial charge in [-0.05, 0) is 20.8 Å². The van der Waals surface area contributed by atoms with E-state index in [0.717, 1.165) is 0 Å². The maximum Gasteiger partial charge on any atom is 0.191 e. The zero-order chi connectivity index (χ0) is 7.94. The van der Waals surface area contributed by atoms with Crippen molar-refractivity contribution in [2.24, 2.45) is 0 Å². The highest BCUT2D eigenvalue weighted by Crippen LogP contribution is 2.20. The normalized spacial score (nSPS) is 23.3. The van der Waals surface area contributed by atoms with Crippen LogP contribution in [0.5, 0.6) is 0 Å². The standard InChI is InChI=1S/C7H11NO2/c1-4-5(9)7(2,3)8-6(4)10/h8,10H,1-3H3. The minimum absolute atomic E-state index is 0.00926. The van der Waals surface area contributed by atoms with Crippen LogP contribution in [-0.2, 0) is 4.79 Å². The van der Waals surface area contributed by atoms with Crippen LogP contribution in [0.4, 0.5) is 0 Å². The first-order valence-corrected chi connectivity index (χ1v) is 3.18. The van der Waals surface area contributed by atoms with Crippen molar-refractivity contribution in [2.45, 2.75) is 26.3 Å². The summed E-state index contributed by atoms with van der Waals surface area (Å²) in [6.07, 6.45) is 0. The fourth-order valence-corrected chi connectivity index (χ4v) is 1.02. The Morgan fingerprint density at radius 1 is 1.50 bits per heavy atom. The van der Waals surface area contributed by atoms with Crippen LogP contribution in [0.3, 0.4) is 0 Å². The largest absolute Gasteiger partial charge is 0.495 e. The number of Topliss-reactive ketones (excluding diaryl/α,β-unsaturated/α-hetero) is 1. The molecular formula is C7H11NO2. The Morgan fingerprint density at radius 3 is 2.10 bits per heavy atom. The lowest BCUT2D eigenvalue weighted by Gasteiger charge is -2.16. The van der Waals surface area contributed by atoms with Gasteiger partial charge in [-0.2, -0.15) is 0 Å². The van der Waals surface area contributed by atoms with Gasteiger partial charge < -0.3 is 10.4 Å². The number of carbonyl (C=O) groups is 1. The van der Waals surface area contributed by atoms with Crippen LogP contribution in [0.1, 0.15) is 20.8 Å². The predicted molar refractivity (Wildman–Crippen MR) is 37.6 cm³/mol. The lowest BCUT2D eigenvalue weighted by Crippen LogP contribution is -2.39. The number of ketones is 1. The number of nitrogens with one attached hydrogen (secondary N) is 1. The molecule has 0 spiro atoms. The molecule has 3 heteroatoms. The van der Waals surface area contributed by atoms with E-state index in [2.05, 4.69) is 5.32 Å². The van der Waals surface area contributed by atoms with E-state index >= 15 is 0 Å². The van der Waals surface area contributed by atoms with Crippen LogP contribution in [0, 0.1) is 0 Å². The van der Waals surface area contributed by atoms with Crippen LogP contribution in [0.25, 0.3) is 0 Å². The molecule has 0 aromatic heterocycles. The first-order chi connectivity index (χ1) is 4.45. The third-order valence-corrected chi connectivity index (χ3v) is 1.69. The number of hydrogen-bond acceptors (Lipinski definition) is 3. The van der Waals surface area contributed by atoms with Gasteiger partial charge in [0.1, 0.15) is 0 Å². The van der Waals surface area contributed by atoms with Crippen molar-refractivity contribution in [2.75, 3.05) is 0 Å². The van der Waals surface area contributed by atoms with Crippen molar-refractivity contribution in [1.82, 2.24) is 5.32 Å². The van der Waals surface area contributed by atoms with Gasteiger partial charge in [0, 0.05) is 0 Å². The third kappa shape index (κ3) is 0.781. The smallest absolute Gasteiger partial charge is 0.191 e. The van der Waals surface area contributed by atoms with E-state index in [4.69, 9.17) is 5.11 Å². The molecule has 2 N–H and O–H groups in total. The molecule has 1 aliphatic rings. The van der Waals surface area contributed by atoms with Gasteiger partial charge in [-0.3, -0.25) is 4.79 Å². The first kappa shape index (κ1) is 7.12. The van der Waals surface area contributed by atoms with E-state index in [1.807, 2.05) is 0 Å². The molecule has 0 radical (unpaired) electrons. The summed E-state index contributed by atoms with van der Waals surface area (Å²) in [6.45, 7) is 5.09. The van der Waals surface area contributed by atoms with Gasteiger partial charge in [0.25, 0.3) is 0 Å². The number of carbonyl (C=O) groups excluding carboxylic acids is 1. The molecular weight excluding hydrogens is 130 g/mol. The number of rotatable bonds is 0. The Labute approximate surface area is 59.7 Å². The first-order valence-electron chi connectivity index (χ1n) is 3.18. The van der Waals surface area contributed by atoms with Crippen molar-refractivity contribution in [1.29, 1.82) is 0 Å². The molecule has 1 aliphatic heterocycles. The molecule has 0 unspecified atom stereocenters. The topological polar surface area (TPSA) is 49.3 Å². The fraction of sp³-hybridized carbons (Fsp3) is 0.571. The van der Waals surface area contributed by atoms with Crippen LogP contribution in [0.2, 0.25) is 0 Å². The molecule has 1 heterocycles. The van der Waals surface area contributed by atoms with E-state index < -0.39 is 5.54 Å². The summed E-state index contributed by atoms with van der Waals surface area (Å²) in [4.78, 5) is 11.2. The Bertz CT molecular complexity index is 216. The van der Waals surface area contributed by atoms with E-state index in [-0.39, 0.29) is 11.7 Å². The minimum Gasteiger partial charge on any atom is -0.495 e. The monoisotopic (exact) mass is 141 g/mol. The summed E-state index contributed by atoms with van der Waals surface area (Å²) < 4.78 is 0. The number of hydrogen-bond donors (Lipinski definition) is 2. The molecule has 56 valence electrons. The van der Waals surface area contributed by atoms with E-state index in [0.29, 0.717) is 5.57 Å². The summed E-state index contributed by atoms with van der Waals surface area (Å²) in [5, 5.41) is 11.7. The quantitative estimate of drug-likeness (QED) is 0.522. The molecule has 0 fully saturated rings. The molecule has 0 bridgehead atoms. The molecule has 0 aromatic carbocycles. The van der Waals surface area contributed by atoms with Gasteiger partial charge in [0.2, 0.25) is 0 Å². The van der Waals surface area contributed by atoms with Gasteiger partial charge >= 0.3 is 0 Å². The zero-order valence-electron chi connectivity index (χ0n) is 6.36. The van der Waals surface area contributed by atoms with Crippen molar-refractivity contribution in [3.05, 3.63) is 11.5 Å². The molecule has 3 nitrogen and oxygen atoms in total. The van der Waals surface area contributed by atoms with Crippen molar-refractivity contribution in [3.63, 3.8) is 0 Å². The van der Waals surface area contributed by atoms with E-state index in [9.17, 15) is 4.79 Å². The zero-order valence-corrected chi connectivity index (χ0v) is 6.36. The van der Waals surface area contributed by atoms with Crippen molar-refractivity contribution < 1.29 is 9.90 Å².